The van der Waals surface area contributed by atoms with Gasteiger partial charge < -0.3 is 14.6 Å². The lowest BCUT2D eigenvalue weighted by Crippen LogP contribution is -2.31. The summed E-state index contributed by atoms with van der Waals surface area (Å²) < 4.78 is 50.2. The van der Waals surface area contributed by atoms with Gasteiger partial charge in [-0.3, -0.25) is 9.20 Å². The number of pyridine rings is 1. The second-order valence-electron chi connectivity index (χ2n) is 9.89. The first-order chi connectivity index (χ1) is 17.4. The molecule has 2 heterocycles. The number of carbonyl (C=O) groups is 1. The monoisotopic (exact) mass is 520 g/mol. The van der Waals surface area contributed by atoms with E-state index in [-0.39, 0.29) is 25.0 Å². The van der Waals surface area contributed by atoms with Gasteiger partial charge in [0.05, 0.1) is 37.3 Å². The van der Waals surface area contributed by atoms with Gasteiger partial charge >= 0.3 is 6.18 Å². The molecule has 1 N–H and O–H groups in total. The normalized spacial score (nSPS) is 13.2. The zero-order chi connectivity index (χ0) is 27.4. The Morgan fingerprint density at radius 3 is 2.51 bits per heavy atom. The van der Waals surface area contributed by atoms with E-state index >= 15 is 0 Å². The van der Waals surface area contributed by atoms with Crippen LogP contribution in [0.2, 0.25) is 0 Å². The van der Waals surface area contributed by atoms with E-state index in [1.54, 1.807) is 26.3 Å². The number of hydrogen-bond donors (Lipinski definition) is 1. The molecule has 0 fully saturated rings. The highest BCUT2D eigenvalue weighted by Gasteiger charge is 2.28. The molecule has 1 atom stereocenters. The fourth-order valence-electron chi connectivity index (χ4n) is 4.28. The number of methoxy groups -OCH3 is 2. The van der Waals surface area contributed by atoms with Crippen molar-refractivity contribution < 1.29 is 32.5 Å². The number of rotatable bonds is 12. The molecule has 3 rings (SSSR count). The molecule has 0 radical (unpaired) electrons. The van der Waals surface area contributed by atoms with E-state index in [0.29, 0.717) is 35.6 Å². The third kappa shape index (κ3) is 6.70. The number of aromatic nitrogens is 2. The molecule has 0 aliphatic carbocycles. The molecule has 0 saturated carbocycles. The van der Waals surface area contributed by atoms with Gasteiger partial charge in [0.1, 0.15) is 11.4 Å². The number of unbranched alkanes of at least 4 members (excludes halogenated alkanes) is 1. The lowest BCUT2D eigenvalue weighted by molar-refractivity contribution is -0.135. The minimum atomic E-state index is -4.23. The van der Waals surface area contributed by atoms with Crippen molar-refractivity contribution in [2.45, 2.75) is 70.6 Å². The van der Waals surface area contributed by atoms with Crippen LogP contribution >= 0.6 is 0 Å². The Balaban J connectivity index is 1.99. The number of ether oxygens (including phenoxy) is 2. The predicted octanol–water partition coefficient (Wildman–Crippen LogP) is 6.16. The first-order valence-corrected chi connectivity index (χ1v) is 12.3. The van der Waals surface area contributed by atoms with Gasteiger partial charge in [0.25, 0.3) is 0 Å². The molecular weight excluding hydrogens is 485 g/mol. The van der Waals surface area contributed by atoms with E-state index < -0.39 is 24.1 Å². The van der Waals surface area contributed by atoms with Crippen molar-refractivity contribution in [3.8, 4) is 17.0 Å². The summed E-state index contributed by atoms with van der Waals surface area (Å²) >= 11 is 0. The Bertz CT molecular complexity index is 1230. The quantitative estimate of drug-likeness (QED) is 0.229. The summed E-state index contributed by atoms with van der Waals surface area (Å²) in [6.45, 7) is 6.07. The summed E-state index contributed by atoms with van der Waals surface area (Å²) in [6.07, 6.45) is -1.55. The van der Waals surface area contributed by atoms with Gasteiger partial charge in [0.15, 0.2) is 5.78 Å². The number of aliphatic hydroxyl groups excluding tert-OH is 1. The first-order valence-electron chi connectivity index (χ1n) is 12.3. The zero-order valence-corrected chi connectivity index (χ0v) is 22.0. The van der Waals surface area contributed by atoms with Crippen molar-refractivity contribution in [3.63, 3.8) is 0 Å². The molecule has 0 saturated heterocycles. The molecular formula is C28H35F3N2O4. The lowest BCUT2D eigenvalue weighted by Gasteiger charge is -2.28. The van der Waals surface area contributed by atoms with Gasteiger partial charge in [0.2, 0.25) is 0 Å². The third-order valence-corrected chi connectivity index (χ3v) is 6.97. The number of fused-ring (bicyclic) bond motifs is 1. The Kier molecular flexibility index (Phi) is 9.02. The zero-order valence-electron chi connectivity index (χ0n) is 22.0. The Labute approximate surface area is 215 Å². The second kappa shape index (κ2) is 11.6. The number of nitrogens with zero attached hydrogens (tertiary/aromatic N) is 2. The second-order valence-corrected chi connectivity index (χ2v) is 9.89. The SMILES string of the molecule is COCCc1cc(-c2cnc3cc(C(C)(C)C(C)O)ccn23)cc(OC)c1C(=O)CCCCC(F)(F)F. The average Bonchev–Trinajstić information content (AvgIpc) is 3.27. The Hall–Kier alpha value is -2.91. The highest BCUT2D eigenvalue weighted by molar-refractivity contribution is 6.01. The minimum absolute atomic E-state index is 0.00320. The molecule has 0 spiro atoms. The number of Topliss-reactive ketones (excluding diaryl/α,β-unsaturated/α-hetero) is 1. The van der Waals surface area contributed by atoms with Crippen LogP contribution in [0, 0.1) is 0 Å². The van der Waals surface area contributed by atoms with Crippen LogP contribution in [0.1, 0.15) is 67.9 Å². The number of alkyl halides is 3. The van der Waals surface area contributed by atoms with Crippen LogP contribution in [-0.2, 0) is 16.6 Å². The smallest absolute Gasteiger partial charge is 0.389 e. The van der Waals surface area contributed by atoms with E-state index in [1.165, 1.54) is 7.11 Å². The maximum atomic E-state index is 13.1. The van der Waals surface area contributed by atoms with Gasteiger partial charge in [-0.05, 0) is 61.6 Å². The molecule has 202 valence electrons. The summed E-state index contributed by atoms with van der Waals surface area (Å²) in [5.41, 5.74) is 3.88. The molecule has 0 amide bonds. The third-order valence-electron chi connectivity index (χ3n) is 6.97. The van der Waals surface area contributed by atoms with Crippen molar-refractivity contribution in [1.82, 2.24) is 9.38 Å². The highest BCUT2D eigenvalue weighted by Crippen LogP contribution is 2.34. The number of hydrogen-bond acceptors (Lipinski definition) is 5. The molecule has 0 aliphatic rings. The van der Waals surface area contributed by atoms with Crippen molar-refractivity contribution in [2.24, 2.45) is 0 Å². The van der Waals surface area contributed by atoms with Gasteiger partial charge in [-0.1, -0.05) is 13.8 Å². The average molecular weight is 521 g/mol. The first kappa shape index (κ1) is 28.7. The molecule has 0 bridgehead atoms. The number of carbonyl (C=O) groups excluding carboxylic acids is 1. The van der Waals surface area contributed by atoms with Crippen molar-refractivity contribution in [3.05, 3.63) is 53.3 Å². The van der Waals surface area contributed by atoms with Crippen LogP contribution in [0.15, 0.2) is 36.7 Å². The van der Waals surface area contributed by atoms with E-state index in [4.69, 9.17) is 9.47 Å². The Morgan fingerprint density at radius 2 is 1.89 bits per heavy atom. The highest BCUT2D eigenvalue weighted by atomic mass is 19.4. The van der Waals surface area contributed by atoms with Gasteiger partial charge in [-0.25, -0.2) is 4.98 Å². The summed E-state index contributed by atoms with van der Waals surface area (Å²) in [5.74, 6) is 0.117. The van der Waals surface area contributed by atoms with Gasteiger partial charge in [-0.2, -0.15) is 13.2 Å². The van der Waals surface area contributed by atoms with Crippen molar-refractivity contribution in [1.29, 1.82) is 0 Å². The van der Waals surface area contributed by atoms with Crippen molar-refractivity contribution >= 4 is 11.4 Å². The molecule has 1 unspecified atom stereocenters. The van der Waals surface area contributed by atoms with Crippen molar-refractivity contribution in [2.75, 3.05) is 20.8 Å². The van der Waals surface area contributed by atoms with E-state index in [2.05, 4.69) is 4.98 Å². The van der Waals surface area contributed by atoms with Gasteiger partial charge in [0, 0.05) is 37.1 Å². The summed E-state index contributed by atoms with van der Waals surface area (Å²) in [5, 5.41) is 10.2. The molecule has 6 nitrogen and oxygen atoms in total. The summed E-state index contributed by atoms with van der Waals surface area (Å²) in [6, 6.07) is 7.54. The predicted molar refractivity (Wildman–Crippen MR) is 136 cm³/mol. The van der Waals surface area contributed by atoms with Crippen LogP contribution in [0.25, 0.3) is 16.9 Å². The number of benzene rings is 1. The van der Waals surface area contributed by atoms with Crippen LogP contribution < -0.4 is 4.74 Å². The topological polar surface area (TPSA) is 73.1 Å². The van der Waals surface area contributed by atoms with E-state index in [1.807, 2.05) is 42.6 Å². The van der Waals surface area contributed by atoms with Crippen LogP contribution in [0.5, 0.6) is 5.75 Å². The largest absolute Gasteiger partial charge is 0.496 e. The summed E-state index contributed by atoms with van der Waals surface area (Å²) in [4.78, 5) is 17.6. The molecule has 3 aromatic rings. The lowest BCUT2D eigenvalue weighted by atomic mass is 9.80. The van der Waals surface area contributed by atoms with Crippen LogP contribution in [-0.4, -0.2) is 53.4 Å². The van der Waals surface area contributed by atoms with Gasteiger partial charge in [-0.15, -0.1) is 0 Å². The number of halogens is 3. The standard InChI is InChI=1S/C28H35F3N2O4/c1-18(34)27(2,3)21-9-12-33-22(17-32-25(33)16-21)20-14-19(10-13-36-4)26(24(15-20)37-5)23(35)8-6-7-11-28(29,30)31/h9,12,14-18,34H,6-8,10-11,13H2,1-5H3. The molecule has 37 heavy (non-hydrogen) atoms. The maximum Gasteiger partial charge on any atom is 0.389 e. The molecule has 2 aromatic heterocycles. The summed E-state index contributed by atoms with van der Waals surface area (Å²) in [7, 11) is 3.04. The fraction of sp³-hybridized carbons (Fsp3) is 0.500. The maximum absolute atomic E-state index is 13.1. The number of imidazole rings is 1. The number of aliphatic hydroxyl groups is 1. The fourth-order valence-corrected chi connectivity index (χ4v) is 4.28. The Morgan fingerprint density at radius 1 is 1.16 bits per heavy atom. The molecule has 0 aliphatic heterocycles. The van der Waals surface area contributed by atoms with E-state index in [9.17, 15) is 23.1 Å². The minimum Gasteiger partial charge on any atom is -0.496 e. The molecule has 9 heteroatoms. The van der Waals surface area contributed by atoms with Crippen LogP contribution in [0.4, 0.5) is 13.2 Å². The molecule has 1 aromatic carbocycles. The van der Waals surface area contributed by atoms with E-state index in [0.717, 1.165) is 16.8 Å². The number of ketones is 1. The van der Waals surface area contributed by atoms with Crippen LogP contribution in [0.3, 0.4) is 0 Å².